The molecular weight excluding hydrogens is 310 g/mol. The van der Waals surface area contributed by atoms with Gasteiger partial charge < -0.3 is 20.0 Å². The van der Waals surface area contributed by atoms with E-state index in [4.69, 9.17) is 4.42 Å². The minimum absolute atomic E-state index is 0.133. The maximum atomic E-state index is 12.2. The number of benzene rings is 1. The molecule has 0 aliphatic heterocycles. The SMILES string of the molecule is CC(NC(=O)c1ccco1)C(=O)Nc1cccc(C(=O)N(C)C)c1. The summed E-state index contributed by atoms with van der Waals surface area (Å²) in [5.74, 6) is -0.901. The Morgan fingerprint density at radius 3 is 2.50 bits per heavy atom. The molecule has 7 nitrogen and oxygen atoms in total. The molecule has 126 valence electrons. The van der Waals surface area contributed by atoms with Gasteiger partial charge in [-0.1, -0.05) is 6.07 Å². The normalized spacial score (nSPS) is 11.5. The van der Waals surface area contributed by atoms with Crippen LogP contribution in [0, 0.1) is 0 Å². The zero-order valence-electron chi connectivity index (χ0n) is 13.7. The fraction of sp³-hybridized carbons (Fsp3) is 0.235. The van der Waals surface area contributed by atoms with Crippen molar-refractivity contribution in [3.63, 3.8) is 0 Å². The predicted molar refractivity (Wildman–Crippen MR) is 88.7 cm³/mol. The van der Waals surface area contributed by atoms with Gasteiger partial charge in [0.25, 0.3) is 11.8 Å². The van der Waals surface area contributed by atoms with Crippen molar-refractivity contribution in [3.8, 4) is 0 Å². The van der Waals surface area contributed by atoms with Crippen LogP contribution in [0.3, 0.4) is 0 Å². The first-order chi connectivity index (χ1) is 11.4. The predicted octanol–water partition coefficient (Wildman–Crippen LogP) is 1.74. The molecular formula is C17H19N3O4. The largest absolute Gasteiger partial charge is 0.459 e. The van der Waals surface area contributed by atoms with Gasteiger partial charge in [0.2, 0.25) is 5.91 Å². The molecule has 1 heterocycles. The van der Waals surface area contributed by atoms with Gasteiger partial charge in [0, 0.05) is 25.3 Å². The first-order valence-electron chi connectivity index (χ1n) is 7.35. The Kier molecular flexibility index (Phi) is 5.36. The zero-order chi connectivity index (χ0) is 17.7. The monoisotopic (exact) mass is 329 g/mol. The molecule has 1 unspecified atom stereocenters. The number of nitrogens with zero attached hydrogens (tertiary/aromatic N) is 1. The third kappa shape index (κ3) is 4.22. The topological polar surface area (TPSA) is 91.6 Å². The molecule has 0 saturated heterocycles. The summed E-state index contributed by atoms with van der Waals surface area (Å²) >= 11 is 0. The van der Waals surface area contributed by atoms with E-state index in [0.717, 1.165) is 0 Å². The minimum atomic E-state index is -0.768. The molecule has 1 atom stereocenters. The summed E-state index contributed by atoms with van der Waals surface area (Å²) in [6.45, 7) is 1.56. The van der Waals surface area contributed by atoms with Crippen LogP contribution in [0.15, 0.2) is 47.1 Å². The van der Waals surface area contributed by atoms with Gasteiger partial charge in [-0.05, 0) is 37.3 Å². The van der Waals surface area contributed by atoms with E-state index in [1.54, 1.807) is 51.4 Å². The summed E-state index contributed by atoms with van der Waals surface area (Å²) in [6, 6.07) is 8.94. The molecule has 24 heavy (non-hydrogen) atoms. The first kappa shape index (κ1) is 17.3. The Hall–Kier alpha value is -3.09. The van der Waals surface area contributed by atoms with Crippen LogP contribution in [-0.4, -0.2) is 42.8 Å². The molecule has 0 aliphatic carbocycles. The Labute approximate surface area is 139 Å². The average Bonchev–Trinajstić information content (AvgIpc) is 3.08. The van der Waals surface area contributed by atoms with E-state index < -0.39 is 17.9 Å². The molecule has 0 spiro atoms. The van der Waals surface area contributed by atoms with Crippen molar-refractivity contribution in [1.82, 2.24) is 10.2 Å². The minimum Gasteiger partial charge on any atom is -0.459 e. The molecule has 0 fully saturated rings. The maximum absolute atomic E-state index is 12.2. The Morgan fingerprint density at radius 2 is 1.88 bits per heavy atom. The molecule has 0 bridgehead atoms. The van der Waals surface area contributed by atoms with Gasteiger partial charge in [-0.25, -0.2) is 0 Å². The summed E-state index contributed by atoms with van der Waals surface area (Å²) in [4.78, 5) is 37.4. The summed E-state index contributed by atoms with van der Waals surface area (Å²) in [6.07, 6.45) is 1.38. The number of nitrogens with one attached hydrogen (secondary N) is 2. The number of furan rings is 1. The summed E-state index contributed by atoms with van der Waals surface area (Å²) in [7, 11) is 3.31. The van der Waals surface area contributed by atoms with Crippen LogP contribution >= 0.6 is 0 Å². The Balaban J connectivity index is 2.00. The maximum Gasteiger partial charge on any atom is 0.287 e. The van der Waals surface area contributed by atoms with Gasteiger partial charge in [0.15, 0.2) is 5.76 Å². The molecule has 1 aromatic carbocycles. The van der Waals surface area contributed by atoms with Crippen LogP contribution in [0.2, 0.25) is 0 Å². The summed E-state index contributed by atoms with van der Waals surface area (Å²) in [5.41, 5.74) is 0.942. The number of rotatable bonds is 5. The number of anilines is 1. The smallest absolute Gasteiger partial charge is 0.287 e. The number of carbonyl (C=O) groups is 3. The highest BCUT2D eigenvalue weighted by atomic mass is 16.3. The molecule has 0 aliphatic rings. The number of amides is 3. The lowest BCUT2D eigenvalue weighted by molar-refractivity contribution is -0.117. The molecule has 0 radical (unpaired) electrons. The number of carbonyl (C=O) groups excluding carboxylic acids is 3. The van der Waals surface area contributed by atoms with Crippen LogP contribution in [0.1, 0.15) is 27.8 Å². The van der Waals surface area contributed by atoms with E-state index in [9.17, 15) is 14.4 Å². The van der Waals surface area contributed by atoms with E-state index in [2.05, 4.69) is 10.6 Å². The zero-order valence-corrected chi connectivity index (χ0v) is 13.7. The van der Waals surface area contributed by atoms with Gasteiger partial charge in [-0.2, -0.15) is 0 Å². The van der Waals surface area contributed by atoms with E-state index in [1.807, 2.05) is 0 Å². The van der Waals surface area contributed by atoms with Crippen LogP contribution in [0.4, 0.5) is 5.69 Å². The van der Waals surface area contributed by atoms with Crippen molar-refractivity contribution in [3.05, 3.63) is 54.0 Å². The Bertz CT molecular complexity index is 738. The first-order valence-corrected chi connectivity index (χ1v) is 7.35. The molecule has 2 N–H and O–H groups in total. The van der Waals surface area contributed by atoms with E-state index >= 15 is 0 Å². The van der Waals surface area contributed by atoms with Gasteiger partial charge in [-0.15, -0.1) is 0 Å². The second kappa shape index (κ2) is 7.45. The fourth-order valence-electron chi connectivity index (χ4n) is 1.98. The van der Waals surface area contributed by atoms with E-state index in [0.29, 0.717) is 11.3 Å². The second-order valence-corrected chi connectivity index (χ2v) is 5.44. The van der Waals surface area contributed by atoms with Gasteiger partial charge in [0.1, 0.15) is 6.04 Å². The quantitative estimate of drug-likeness (QED) is 0.874. The van der Waals surface area contributed by atoms with Crippen molar-refractivity contribution < 1.29 is 18.8 Å². The van der Waals surface area contributed by atoms with Gasteiger partial charge >= 0.3 is 0 Å². The van der Waals surface area contributed by atoms with Crippen LogP contribution < -0.4 is 10.6 Å². The van der Waals surface area contributed by atoms with Gasteiger partial charge in [0.05, 0.1) is 6.26 Å². The van der Waals surface area contributed by atoms with Crippen molar-refractivity contribution >= 4 is 23.4 Å². The molecule has 0 saturated carbocycles. The average molecular weight is 329 g/mol. The Morgan fingerprint density at radius 1 is 1.12 bits per heavy atom. The highest BCUT2D eigenvalue weighted by molar-refractivity contribution is 6.01. The van der Waals surface area contributed by atoms with Crippen LogP contribution in [0.5, 0.6) is 0 Å². The van der Waals surface area contributed by atoms with E-state index in [-0.39, 0.29) is 11.7 Å². The molecule has 1 aromatic heterocycles. The lowest BCUT2D eigenvalue weighted by Crippen LogP contribution is -2.41. The molecule has 2 aromatic rings. The van der Waals surface area contributed by atoms with Crippen LogP contribution in [-0.2, 0) is 4.79 Å². The second-order valence-electron chi connectivity index (χ2n) is 5.44. The molecule has 7 heteroatoms. The lowest BCUT2D eigenvalue weighted by Gasteiger charge is -2.15. The number of hydrogen-bond acceptors (Lipinski definition) is 4. The standard InChI is InChI=1S/C17H19N3O4/c1-11(18-16(22)14-8-5-9-24-14)15(21)19-13-7-4-6-12(10-13)17(23)20(2)3/h4-11H,1-3H3,(H,18,22)(H,19,21). The highest BCUT2D eigenvalue weighted by Gasteiger charge is 2.18. The third-order valence-electron chi connectivity index (χ3n) is 3.27. The molecule has 3 amide bonds. The van der Waals surface area contributed by atoms with Gasteiger partial charge in [-0.3, -0.25) is 14.4 Å². The van der Waals surface area contributed by atoms with Crippen molar-refractivity contribution in [1.29, 1.82) is 0 Å². The lowest BCUT2D eigenvalue weighted by atomic mass is 10.1. The highest BCUT2D eigenvalue weighted by Crippen LogP contribution is 2.12. The summed E-state index contributed by atoms with van der Waals surface area (Å²) in [5, 5.41) is 5.21. The molecule has 2 rings (SSSR count). The van der Waals surface area contributed by atoms with E-state index in [1.165, 1.54) is 17.2 Å². The fourth-order valence-corrected chi connectivity index (χ4v) is 1.98. The number of hydrogen-bond donors (Lipinski definition) is 2. The van der Waals surface area contributed by atoms with Crippen molar-refractivity contribution in [2.45, 2.75) is 13.0 Å². The third-order valence-corrected chi connectivity index (χ3v) is 3.27. The summed E-state index contributed by atoms with van der Waals surface area (Å²) < 4.78 is 4.97. The van der Waals surface area contributed by atoms with Crippen molar-refractivity contribution in [2.24, 2.45) is 0 Å². The van der Waals surface area contributed by atoms with Crippen LogP contribution in [0.25, 0.3) is 0 Å². The van der Waals surface area contributed by atoms with Crippen molar-refractivity contribution in [2.75, 3.05) is 19.4 Å².